The minimum absolute atomic E-state index is 0.0132. The fourth-order valence-electron chi connectivity index (χ4n) is 3.62. The molecule has 1 aliphatic heterocycles. The molecule has 0 bridgehead atoms. The lowest BCUT2D eigenvalue weighted by atomic mass is 10.00. The molecule has 1 fully saturated rings. The van der Waals surface area contributed by atoms with E-state index in [0.29, 0.717) is 18.9 Å². The highest BCUT2D eigenvalue weighted by molar-refractivity contribution is 5.78. The Balaban J connectivity index is 1.50. The molecule has 2 heterocycles. The maximum atomic E-state index is 12.8. The molecule has 2 aliphatic rings. The van der Waals surface area contributed by atoms with E-state index in [0.717, 1.165) is 24.6 Å². The Hall–Kier alpha value is -2.34. The molecule has 1 aliphatic carbocycles. The normalized spacial score (nSPS) is 19.3. The Bertz CT molecular complexity index is 755. The molecule has 0 radical (unpaired) electrons. The number of carbonyl (C=O) groups excluding carboxylic acids is 1. The minimum atomic E-state index is -0.100. The Morgan fingerprint density at radius 1 is 1.27 bits per heavy atom. The number of methoxy groups -OCH3 is 1. The molecule has 0 N–H and O–H groups in total. The number of rotatable bonds is 7. The molecule has 6 heteroatoms. The lowest BCUT2D eigenvalue weighted by Crippen LogP contribution is -2.44. The van der Waals surface area contributed by atoms with Crippen molar-refractivity contribution in [3.05, 3.63) is 47.8 Å². The van der Waals surface area contributed by atoms with Crippen LogP contribution in [0.15, 0.2) is 36.5 Å². The zero-order valence-corrected chi connectivity index (χ0v) is 15.1. The number of benzene rings is 1. The molecule has 1 atom stereocenters. The van der Waals surface area contributed by atoms with Crippen molar-refractivity contribution in [1.29, 1.82) is 0 Å². The van der Waals surface area contributed by atoms with Gasteiger partial charge >= 0.3 is 0 Å². The van der Waals surface area contributed by atoms with Crippen LogP contribution < -0.4 is 4.74 Å². The molecule has 26 heavy (non-hydrogen) atoms. The van der Waals surface area contributed by atoms with Crippen molar-refractivity contribution in [3.63, 3.8) is 0 Å². The summed E-state index contributed by atoms with van der Waals surface area (Å²) < 4.78 is 13.2. The molecule has 0 spiro atoms. The van der Waals surface area contributed by atoms with Crippen LogP contribution in [-0.4, -0.2) is 47.5 Å². The van der Waals surface area contributed by atoms with E-state index in [9.17, 15) is 4.79 Å². The summed E-state index contributed by atoms with van der Waals surface area (Å²) in [6, 6.07) is 9.35. The predicted molar refractivity (Wildman–Crippen MR) is 96.9 cm³/mol. The topological polar surface area (TPSA) is 56.6 Å². The highest BCUT2D eigenvalue weighted by atomic mass is 16.5. The summed E-state index contributed by atoms with van der Waals surface area (Å²) in [6.45, 7) is 2.13. The first-order chi connectivity index (χ1) is 12.8. The summed E-state index contributed by atoms with van der Waals surface area (Å²) in [4.78, 5) is 14.7. The SMILES string of the molecule is COC[C@@H]1c2c(cnn2CC2CC2)CCN1C(=O)COc1ccccc1. The number of ether oxygens (including phenoxy) is 2. The summed E-state index contributed by atoms with van der Waals surface area (Å²) in [5.41, 5.74) is 2.37. The van der Waals surface area contributed by atoms with Crippen LogP contribution in [0.3, 0.4) is 0 Å². The number of hydrogen-bond acceptors (Lipinski definition) is 4. The zero-order valence-electron chi connectivity index (χ0n) is 15.1. The average Bonchev–Trinajstić information content (AvgIpc) is 3.39. The first-order valence-electron chi connectivity index (χ1n) is 9.27. The van der Waals surface area contributed by atoms with Gasteiger partial charge in [-0.15, -0.1) is 0 Å². The van der Waals surface area contributed by atoms with Crippen LogP contribution >= 0.6 is 0 Å². The number of carbonyl (C=O) groups is 1. The summed E-state index contributed by atoms with van der Waals surface area (Å²) in [7, 11) is 1.68. The Kier molecular flexibility index (Phi) is 4.93. The van der Waals surface area contributed by atoms with Gasteiger partial charge in [0.05, 0.1) is 24.5 Å². The quantitative estimate of drug-likeness (QED) is 0.765. The molecule has 2 aromatic rings. The minimum Gasteiger partial charge on any atom is -0.484 e. The Morgan fingerprint density at radius 2 is 2.08 bits per heavy atom. The third kappa shape index (κ3) is 3.60. The second-order valence-electron chi connectivity index (χ2n) is 7.09. The van der Waals surface area contributed by atoms with Crippen LogP contribution in [0.4, 0.5) is 0 Å². The summed E-state index contributed by atoms with van der Waals surface area (Å²) in [5.74, 6) is 1.43. The largest absolute Gasteiger partial charge is 0.484 e. The van der Waals surface area contributed by atoms with Crippen molar-refractivity contribution in [3.8, 4) is 5.75 Å². The predicted octanol–water partition coefficient (Wildman–Crippen LogP) is 2.44. The van der Waals surface area contributed by atoms with Gasteiger partial charge in [0, 0.05) is 20.2 Å². The van der Waals surface area contributed by atoms with Crippen molar-refractivity contribution in [2.24, 2.45) is 5.92 Å². The highest BCUT2D eigenvalue weighted by Crippen LogP contribution is 2.35. The zero-order chi connectivity index (χ0) is 17.9. The second kappa shape index (κ2) is 7.50. The van der Waals surface area contributed by atoms with Crippen LogP contribution in [0.1, 0.15) is 30.1 Å². The molecule has 6 nitrogen and oxygen atoms in total. The maximum absolute atomic E-state index is 12.8. The van der Waals surface area contributed by atoms with Crippen LogP contribution in [-0.2, 0) is 22.5 Å². The standard InChI is InChI=1S/C20H25N3O3/c1-25-13-18-20-16(11-21-23(20)12-15-7-8-15)9-10-22(18)19(24)14-26-17-5-3-2-4-6-17/h2-6,11,15,18H,7-10,12-14H2,1H3/t18-/m1/s1. The van der Waals surface area contributed by atoms with Crippen LogP contribution in [0.2, 0.25) is 0 Å². The van der Waals surface area contributed by atoms with E-state index >= 15 is 0 Å². The first kappa shape index (κ1) is 17.1. The second-order valence-corrected chi connectivity index (χ2v) is 7.09. The van der Waals surface area contributed by atoms with Crippen molar-refractivity contribution in [2.45, 2.75) is 31.8 Å². The third-order valence-corrected chi connectivity index (χ3v) is 5.15. The molecule has 1 saturated carbocycles. The smallest absolute Gasteiger partial charge is 0.261 e. The lowest BCUT2D eigenvalue weighted by Gasteiger charge is -2.36. The fraction of sp³-hybridized carbons (Fsp3) is 0.500. The van der Waals surface area contributed by atoms with Crippen molar-refractivity contribution in [2.75, 3.05) is 26.9 Å². The fourth-order valence-corrected chi connectivity index (χ4v) is 3.62. The van der Waals surface area contributed by atoms with Gasteiger partial charge in [0.25, 0.3) is 5.91 Å². The van der Waals surface area contributed by atoms with Crippen LogP contribution in [0.5, 0.6) is 5.75 Å². The van der Waals surface area contributed by atoms with E-state index in [2.05, 4.69) is 9.78 Å². The van der Waals surface area contributed by atoms with Gasteiger partial charge in [0.15, 0.2) is 6.61 Å². The number of nitrogens with zero attached hydrogens (tertiary/aromatic N) is 3. The van der Waals surface area contributed by atoms with Crippen molar-refractivity contribution < 1.29 is 14.3 Å². The molecular formula is C20H25N3O3. The number of aromatic nitrogens is 2. The Labute approximate surface area is 153 Å². The van der Waals surface area contributed by atoms with Gasteiger partial charge in [-0.05, 0) is 42.9 Å². The molecule has 138 valence electrons. The van der Waals surface area contributed by atoms with Crippen LogP contribution in [0.25, 0.3) is 0 Å². The van der Waals surface area contributed by atoms with Gasteiger partial charge in [0.1, 0.15) is 5.75 Å². The third-order valence-electron chi connectivity index (χ3n) is 5.15. The maximum Gasteiger partial charge on any atom is 0.261 e. The summed E-state index contributed by atoms with van der Waals surface area (Å²) >= 11 is 0. The van der Waals surface area contributed by atoms with Gasteiger partial charge in [0.2, 0.25) is 0 Å². The Morgan fingerprint density at radius 3 is 2.81 bits per heavy atom. The number of para-hydroxylation sites is 1. The van der Waals surface area contributed by atoms with E-state index < -0.39 is 0 Å². The molecular weight excluding hydrogens is 330 g/mol. The van der Waals surface area contributed by atoms with Gasteiger partial charge in [-0.3, -0.25) is 9.48 Å². The van der Waals surface area contributed by atoms with E-state index in [1.165, 1.54) is 18.4 Å². The van der Waals surface area contributed by atoms with Gasteiger partial charge in [-0.25, -0.2) is 0 Å². The molecule has 1 aromatic carbocycles. The lowest BCUT2D eigenvalue weighted by molar-refractivity contribution is -0.137. The van der Waals surface area contributed by atoms with Crippen molar-refractivity contribution >= 4 is 5.91 Å². The number of amides is 1. The monoisotopic (exact) mass is 355 g/mol. The first-order valence-corrected chi connectivity index (χ1v) is 9.27. The van der Waals surface area contributed by atoms with E-state index in [-0.39, 0.29) is 18.6 Å². The van der Waals surface area contributed by atoms with Gasteiger partial charge in [-0.2, -0.15) is 5.10 Å². The number of hydrogen-bond donors (Lipinski definition) is 0. The molecule has 4 rings (SSSR count). The van der Waals surface area contributed by atoms with Gasteiger partial charge in [-0.1, -0.05) is 18.2 Å². The molecule has 1 amide bonds. The summed E-state index contributed by atoms with van der Waals surface area (Å²) in [5, 5.41) is 4.59. The van der Waals surface area contributed by atoms with Crippen LogP contribution in [0, 0.1) is 5.92 Å². The van der Waals surface area contributed by atoms with E-state index in [1.807, 2.05) is 41.4 Å². The molecule has 1 aromatic heterocycles. The number of fused-ring (bicyclic) bond motifs is 1. The molecule has 0 saturated heterocycles. The van der Waals surface area contributed by atoms with E-state index in [4.69, 9.17) is 9.47 Å². The van der Waals surface area contributed by atoms with Gasteiger partial charge < -0.3 is 14.4 Å². The van der Waals surface area contributed by atoms with E-state index in [1.54, 1.807) is 7.11 Å². The summed E-state index contributed by atoms with van der Waals surface area (Å²) in [6.07, 6.45) is 5.34. The van der Waals surface area contributed by atoms with Crippen molar-refractivity contribution in [1.82, 2.24) is 14.7 Å². The highest BCUT2D eigenvalue weighted by Gasteiger charge is 2.35. The molecule has 0 unspecified atom stereocenters. The average molecular weight is 355 g/mol.